The van der Waals surface area contributed by atoms with Crippen LogP contribution in [0.25, 0.3) is 21.5 Å². The number of aliphatic hydroxyl groups excluding tert-OH is 1. The molecule has 0 radical (unpaired) electrons. The average molecular weight is 1070 g/mol. The number of esters is 2. The Morgan fingerprint density at radius 2 is 1.35 bits per heavy atom. The Kier molecular flexibility index (Phi) is 14.8. The number of benzene rings is 3. The molecule has 0 amide bonds. The molecule has 78 heavy (non-hydrogen) atoms. The third-order valence-electron chi connectivity index (χ3n) is 19.4. The fourth-order valence-electron chi connectivity index (χ4n) is 15.7. The van der Waals surface area contributed by atoms with Crippen LogP contribution in [-0.2, 0) is 56.9 Å². The van der Waals surface area contributed by atoms with Crippen molar-refractivity contribution in [3.05, 3.63) is 96.6 Å². The predicted octanol–water partition coefficient (Wildman–Crippen LogP) is 9.92. The Balaban J connectivity index is 0.635. The monoisotopic (exact) mass is 1070 g/mol. The van der Waals surface area contributed by atoms with Gasteiger partial charge in [-0.25, -0.2) is 4.79 Å². The maximum absolute atomic E-state index is 13.7. The highest BCUT2D eigenvalue weighted by atomic mass is 16.6. The lowest BCUT2D eigenvalue weighted by Gasteiger charge is -2.55. The molecule has 14 nitrogen and oxygen atoms in total. The zero-order valence-corrected chi connectivity index (χ0v) is 45.8. The van der Waals surface area contributed by atoms with Gasteiger partial charge in [0.1, 0.15) is 31.0 Å². The van der Waals surface area contributed by atoms with E-state index in [0.29, 0.717) is 50.0 Å². The molecule has 1 N–H and O–H groups in total. The lowest BCUT2D eigenvalue weighted by molar-refractivity contribution is -0.316. The van der Waals surface area contributed by atoms with Gasteiger partial charge in [0.05, 0.1) is 109 Å². The number of rotatable bonds is 5. The van der Waals surface area contributed by atoms with Crippen molar-refractivity contribution in [1.82, 2.24) is 0 Å². The second kappa shape index (κ2) is 21.7. The van der Waals surface area contributed by atoms with Gasteiger partial charge in [-0.15, -0.1) is 0 Å². The second-order valence-corrected chi connectivity index (χ2v) is 25.4. The topological polar surface area (TPSA) is 156 Å². The van der Waals surface area contributed by atoms with Gasteiger partial charge in [0.2, 0.25) is 0 Å². The summed E-state index contributed by atoms with van der Waals surface area (Å²) in [5, 5.41) is 15.3. The van der Waals surface area contributed by atoms with Crippen molar-refractivity contribution < 1.29 is 66.8 Å². The first kappa shape index (κ1) is 53.3. The fourth-order valence-corrected chi connectivity index (χ4v) is 15.7. The van der Waals surface area contributed by atoms with Gasteiger partial charge in [0.25, 0.3) is 0 Å². The van der Waals surface area contributed by atoms with E-state index in [2.05, 4.69) is 64.6 Å². The molecule has 8 fully saturated rings. The van der Waals surface area contributed by atoms with Gasteiger partial charge in [-0.05, 0) is 123 Å². The van der Waals surface area contributed by atoms with Crippen molar-refractivity contribution in [2.24, 2.45) is 11.8 Å². The lowest BCUT2D eigenvalue weighted by Crippen LogP contribution is -2.65. The molecule has 22 atom stereocenters. The van der Waals surface area contributed by atoms with Gasteiger partial charge in [0, 0.05) is 25.7 Å². The van der Waals surface area contributed by atoms with Crippen LogP contribution in [0.5, 0.6) is 0 Å². The molecule has 3 aromatic rings. The highest BCUT2D eigenvalue weighted by molar-refractivity contribution is 6.16. The van der Waals surface area contributed by atoms with E-state index in [1.54, 1.807) is 0 Å². The molecule has 14 heteroatoms. The summed E-state index contributed by atoms with van der Waals surface area (Å²) in [6, 6.07) is 17.9. The minimum Gasteiger partial charge on any atom is -0.459 e. The first-order valence-electron chi connectivity index (χ1n) is 29.6. The molecule has 10 aliphatic heterocycles. The van der Waals surface area contributed by atoms with Crippen LogP contribution in [-0.4, -0.2) is 145 Å². The third kappa shape index (κ3) is 10.5. The van der Waals surface area contributed by atoms with Crippen LogP contribution >= 0.6 is 0 Å². The van der Waals surface area contributed by atoms with Gasteiger partial charge >= 0.3 is 11.9 Å². The number of aliphatic hydroxyl groups is 1. The van der Waals surface area contributed by atoms with Crippen molar-refractivity contribution in [1.29, 1.82) is 0 Å². The average Bonchev–Trinajstić information content (AvgIpc) is 3.91. The molecule has 22 unspecified atom stereocenters. The van der Waals surface area contributed by atoms with E-state index in [-0.39, 0.29) is 123 Å². The number of ether oxygens (including phenoxy) is 11. The van der Waals surface area contributed by atoms with Gasteiger partial charge < -0.3 is 57.2 Å². The van der Waals surface area contributed by atoms with E-state index in [4.69, 9.17) is 52.1 Å². The Hall–Kier alpha value is -4.06. The van der Waals surface area contributed by atoms with E-state index in [1.165, 1.54) is 0 Å². The van der Waals surface area contributed by atoms with Crippen LogP contribution in [0.15, 0.2) is 91.1 Å². The quantitative estimate of drug-likeness (QED) is 0.146. The van der Waals surface area contributed by atoms with Crippen LogP contribution in [0.2, 0.25) is 0 Å². The third-order valence-corrected chi connectivity index (χ3v) is 19.4. The molecule has 0 saturated carbocycles. The summed E-state index contributed by atoms with van der Waals surface area (Å²) in [4.78, 5) is 26.2. The van der Waals surface area contributed by atoms with E-state index in [0.717, 1.165) is 78.5 Å². The molecule has 10 heterocycles. The van der Waals surface area contributed by atoms with Crippen LogP contribution in [0.1, 0.15) is 134 Å². The Bertz CT molecular complexity index is 2720. The van der Waals surface area contributed by atoms with Gasteiger partial charge in [0.15, 0.2) is 0 Å². The zero-order chi connectivity index (χ0) is 53.5. The molecule has 8 saturated heterocycles. The van der Waals surface area contributed by atoms with E-state index in [1.807, 2.05) is 48.5 Å². The van der Waals surface area contributed by atoms with Crippen molar-refractivity contribution in [2.45, 2.75) is 245 Å². The summed E-state index contributed by atoms with van der Waals surface area (Å²) in [7, 11) is 0. The molecular weight excluding hydrogens is 993 g/mol. The van der Waals surface area contributed by atoms with Crippen LogP contribution in [0, 0.1) is 11.8 Å². The number of carbonyl (C=O) groups is 2. The largest absolute Gasteiger partial charge is 0.459 e. The number of hydrogen-bond donors (Lipinski definition) is 1. The maximum Gasteiger partial charge on any atom is 0.339 e. The summed E-state index contributed by atoms with van der Waals surface area (Å²) in [6.07, 6.45) is 14.4. The van der Waals surface area contributed by atoms with E-state index in [9.17, 15) is 14.7 Å². The molecule has 0 bridgehead atoms. The van der Waals surface area contributed by atoms with Crippen LogP contribution in [0.4, 0.5) is 0 Å². The minimum atomic E-state index is -0.745. The molecular formula is C64H80O14. The first-order valence-corrected chi connectivity index (χ1v) is 29.6. The Morgan fingerprint density at radius 1 is 0.654 bits per heavy atom. The van der Waals surface area contributed by atoms with Crippen LogP contribution in [0.3, 0.4) is 0 Å². The smallest absolute Gasteiger partial charge is 0.339 e. The molecule has 0 aliphatic carbocycles. The second-order valence-electron chi connectivity index (χ2n) is 25.4. The Morgan fingerprint density at radius 3 is 2.15 bits per heavy atom. The highest BCUT2D eigenvalue weighted by Gasteiger charge is 2.57. The lowest BCUT2D eigenvalue weighted by atomic mass is 9.78. The highest BCUT2D eigenvalue weighted by Crippen LogP contribution is 2.49. The molecule has 420 valence electrons. The van der Waals surface area contributed by atoms with Crippen molar-refractivity contribution in [2.75, 3.05) is 6.61 Å². The number of hydrogen-bond acceptors (Lipinski definition) is 14. The number of carbonyl (C=O) groups excluding carboxylic acids is 2. The van der Waals surface area contributed by atoms with E-state index < -0.39 is 29.4 Å². The SMILES string of the molecule is C=C(COC(=O)c1c2ccccc2cc2ccccc12)CC1CC(O)C2OC3CC4(C)OC5C=CCC6OC7C(C)CC8OC9(C)CC(C)CC%10OC(=O)CC%10OC9CC8OC7C/C=C\CC6OC5CCCC4OC3CC2O1. The van der Waals surface area contributed by atoms with E-state index >= 15 is 0 Å². The summed E-state index contributed by atoms with van der Waals surface area (Å²) in [5.74, 6) is -0.0819. The summed E-state index contributed by atoms with van der Waals surface area (Å²) >= 11 is 0. The van der Waals surface area contributed by atoms with Gasteiger partial charge in [-0.3, -0.25) is 4.79 Å². The van der Waals surface area contributed by atoms with Crippen molar-refractivity contribution in [3.63, 3.8) is 0 Å². The molecule has 0 spiro atoms. The van der Waals surface area contributed by atoms with Crippen molar-refractivity contribution >= 4 is 33.5 Å². The molecule has 13 rings (SSSR count). The summed E-state index contributed by atoms with van der Waals surface area (Å²) in [6.45, 7) is 13.2. The van der Waals surface area contributed by atoms with Crippen LogP contribution < -0.4 is 0 Å². The molecule has 3 aromatic carbocycles. The van der Waals surface area contributed by atoms with Gasteiger partial charge in [-0.2, -0.15) is 0 Å². The molecule has 10 aliphatic rings. The zero-order valence-electron chi connectivity index (χ0n) is 45.8. The molecule has 0 aromatic heterocycles. The Labute approximate surface area is 458 Å². The van der Waals surface area contributed by atoms with Crippen molar-refractivity contribution in [3.8, 4) is 0 Å². The number of fused-ring (bicyclic) bond motifs is 11. The minimum absolute atomic E-state index is 0.0486. The summed E-state index contributed by atoms with van der Waals surface area (Å²) in [5.41, 5.74) is 0.117. The standard InChI is InChI=1S/C64H80O14/c1-35-25-49-52(31-58(66)74-49)73-57-30-51-53(78-63(57,4)32-35)26-37(3)60-48(71-51)19-11-10-18-44-45(75-60)20-12-22-47-46(70-44)21-13-23-56-64(5,77-47)33-55-50(72-56)29-54-61(76-55)43(65)28-40(69-54)24-36(2)34-68-62(67)59-41-16-8-6-14-38(41)27-39-15-7-9-17-42(39)59/h6-12,14-17,22,27,35,37,40,43-57,60-61,65H,2,13,18-21,23-26,28-34H2,1,3-5H3/b11-10-,22-12?. The normalized spacial score (nSPS) is 44.8. The van der Waals surface area contributed by atoms with Gasteiger partial charge in [-0.1, -0.05) is 93.3 Å². The summed E-state index contributed by atoms with van der Waals surface area (Å²) < 4.78 is 75.0. The predicted molar refractivity (Wildman–Crippen MR) is 290 cm³/mol. The maximum atomic E-state index is 13.7. The fraction of sp³-hybridized carbons (Fsp3) is 0.656. The first-order chi connectivity index (χ1) is 37.7.